The molecule has 154 valence electrons. The second kappa shape index (κ2) is 7.64. The highest BCUT2D eigenvalue weighted by Crippen LogP contribution is 2.36. The Morgan fingerprint density at radius 2 is 1.71 bits per heavy atom. The van der Waals surface area contributed by atoms with Crippen LogP contribution in [0.15, 0.2) is 18.2 Å². The molecule has 0 spiro atoms. The number of benzene rings is 1. The van der Waals surface area contributed by atoms with Gasteiger partial charge in [0.1, 0.15) is 5.60 Å². The molecule has 1 aromatic rings. The second-order valence-corrected chi connectivity index (χ2v) is 8.79. The lowest BCUT2D eigenvalue weighted by atomic mass is 9.78. The van der Waals surface area contributed by atoms with Crippen molar-refractivity contribution >= 4 is 30.5 Å². The largest absolute Gasteiger partial charge is 0.494 e. The highest BCUT2D eigenvalue weighted by molar-refractivity contribution is 6.62. The highest BCUT2D eigenvalue weighted by atomic mass is 16.7. The summed E-state index contributed by atoms with van der Waals surface area (Å²) in [5.74, 6) is 0. The number of anilines is 1. The Balaban J connectivity index is 2.23. The fourth-order valence-corrected chi connectivity index (χ4v) is 2.60. The van der Waals surface area contributed by atoms with Gasteiger partial charge in [-0.25, -0.2) is 9.59 Å². The summed E-state index contributed by atoms with van der Waals surface area (Å²) in [6.07, 6.45) is -1.78. The van der Waals surface area contributed by atoms with Gasteiger partial charge in [-0.1, -0.05) is 12.1 Å². The van der Waals surface area contributed by atoms with E-state index in [-0.39, 0.29) is 6.54 Å². The minimum atomic E-state index is -1.19. The average Bonchev–Trinajstić information content (AvgIpc) is 2.72. The van der Waals surface area contributed by atoms with Gasteiger partial charge in [0.15, 0.2) is 0 Å². The van der Waals surface area contributed by atoms with E-state index in [4.69, 9.17) is 19.2 Å². The number of amides is 2. The predicted molar refractivity (Wildman–Crippen MR) is 107 cm³/mol. The standard InChI is InChI=1S/C19H29BN2O6/c1-17(2,3)26-16(25)21-11-12-10-13(8-9-14(12)22-15(23)24)20-27-18(4,5)19(6,7)28-20/h8-10,22H,11H2,1-7H3,(H,21,25)(H,23,24). The van der Waals surface area contributed by atoms with Gasteiger partial charge in [0.05, 0.1) is 11.2 Å². The van der Waals surface area contributed by atoms with Gasteiger partial charge in [0, 0.05) is 12.2 Å². The second-order valence-electron chi connectivity index (χ2n) is 8.79. The van der Waals surface area contributed by atoms with Gasteiger partial charge >= 0.3 is 19.3 Å². The monoisotopic (exact) mass is 392 g/mol. The molecule has 1 saturated heterocycles. The first-order valence-corrected chi connectivity index (χ1v) is 9.15. The molecule has 1 fully saturated rings. The molecule has 2 amide bonds. The average molecular weight is 392 g/mol. The summed E-state index contributed by atoms with van der Waals surface area (Å²) >= 11 is 0. The summed E-state index contributed by atoms with van der Waals surface area (Å²) in [5.41, 5.74) is 0.0474. The van der Waals surface area contributed by atoms with Crippen molar-refractivity contribution in [2.24, 2.45) is 0 Å². The van der Waals surface area contributed by atoms with E-state index in [9.17, 15) is 9.59 Å². The molecule has 28 heavy (non-hydrogen) atoms. The van der Waals surface area contributed by atoms with Gasteiger partial charge < -0.3 is 24.5 Å². The first-order chi connectivity index (χ1) is 12.7. The topological polar surface area (TPSA) is 106 Å². The first-order valence-electron chi connectivity index (χ1n) is 9.15. The van der Waals surface area contributed by atoms with E-state index in [2.05, 4.69) is 10.6 Å². The predicted octanol–water partition coefficient (Wildman–Crippen LogP) is 3.10. The van der Waals surface area contributed by atoms with Gasteiger partial charge in [-0.05, 0) is 65.6 Å². The molecular weight excluding hydrogens is 363 g/mol. The number of ether oxygens (including phenoxy) is 1. The molecule has 0 radical (unpaired) electrons. The van der Waals surface area contributed by atoms with Gasteiger partial charge in [0.2, 0.25) is 0 Å². The molecule has 0 atom stereocenters. The Hall–Kier alpha value is -2.26. The maximum absolute atomic E-state index is 12.0. The van der Waals surface area contributed by atoms with Crippen LogP contribution in [-0.4, -0.2) is 41.2 Å². The molecule has 3 N–H and O–H groups in total. The van der Waals surface area contributed by atoms with Gasteiger partial charge in [0.25, 0.3) is 0 Å². The van der Waals surface area contributed by atoms with Crippen LogP contribution in [0.4, 0.5) is 15.3 Å². The van der Waals surface area contributed by atoms with Crippen molar-refractivity contribution in [2.75, 3.05) is 5.32 Å². The van der Waals surface area contributed by atoms with E-state index in [0.717, 1.165) is 5.46 Å². The molecule has 1 heterocycles. The highest BCUT2D eigenvalue weighted by Gasteiger charge is 2.51. The number of nitrogens with one attached hydrogen (secondary N) is 2. The van der Waals surface area contributed by atoms with Crippen LogP contribution in [0.5, 0.6) is 0 Å². The Labute approximate surface area is 166 Å². The minimum Gasteiger partial charge on any atom is -0.465 e. The molecular formula is C19H29BN2O6. The maximum Gasteiger partial charge on any atom is 0.494 e. The number of carbonyl (C=O) groups is 2. The van der Waals surface area contributed by atoms with Crippen molar-refractivity contribution in [1.29, 1.82) is 0 Å². The summed E-state index contributed by atoms with van der Waals surface area (Å²) < 4.78 is 17.3. The lowest BCUT2D eigenvalue weighted by Gasteiger charge is -2.32. The van der Waals surface area contributed by atoms with Crippen molar-refractivity contribution in [2.45, 2.75) is 71.8 Å². The fourth-order valence-electron chi connectivity index (χ4n) is 2.60. The van der Waals surface area contributed by atoms with Crippen LogP contribution in [0.25, 0.3) is 0 Å². The lowest BCUT2D eigenvalue weighted by molar-refractivity contribution is 0.00578. The normalized spacial score (nSPS) is 17.9. The smallest absolute Gasteiger partial charge is 0.465 e. The van der Waals surface area contributed by atoms with Gasteiger partial charge in [-0.3, -0.25) is 5.32 Å². The van der Waals surface area contributed by atoms with Crippen LogP contribution in [0.3, 0.4) is 0 Å². The summed E-state index contributed by atoms with van der Waals surface area (Å²) in [7, 11) is -0.593. The number of alkyl carbamates (subject to hydrolysis) is 1. The molecule has 1 aliphatic rings. The summed E-state index contributed by atoms with van der Waals surface area (Å²) in [5, 5.41) is 14.0. The third kappa shape index (κ3) is 5.39. The molecule has 1 aliphatic heterocycles. The molecule has 0 saturated carbocycles. The van der Waals surface area contributed by atoms with E-state index in [1.165, 1.54) is 0 Å². The molecule has 0 unspecified atom stereocenters. The zero-order chi connectivity index (χ0) is 21.3. The maximum atomic E-state index is 12.0. The zero-order valence-electron chi connectivity index (χ0n) is 17.5. The number of carbonyl (C=O) groups excluding carboxylic acids is 1. The minimum absolute atomic E-state index is 0.0812. The number of hydrogen-bond donors (Lipinski definition) is 3. The van der Waals surface area contributed by atoms with E-state index in [0.29, 0.717) is 11.3 Å². The zero-order valence-corrected chi connectivity index (χ0v) is 17.5. The molecule has 0 bridgehead atoms. The quantitative estimate of drug-likeness (QED) is 0.680. The van der Waals surface area contributed by atoms with Crippen molar-refractivity contribution in [3.63, 3.8) is 0 Å². The Bertz CT molecular complexity index is 741. The Morgan fingerprint density at radius 3 is 2.21 bits per heavy atom. The summed E-state index contributed by atoms with van der Waals surface area (Å²) in [6.45, 7) is 13.2. The Kier molecular flexibility index (Phi) is 6.01. The van der Waals surface area contributed by atoms with Crippen molar-refractivity contribution < 1.29 is 28.7 Å². The fraction of sp³-hybridized carbons (Fsp3) is 0.579. The van der Waals surface area contributed by atoms with Crippen LogP contribution >= 0.6 is 0 Å². The summed E-state index contributed by atoms with van der Waals surface area (Å²) in [6, 6.07) is 5.12. The lowest BCUT2D eigenvalue weighted by Crippen LogP contribution is -2.41. The van der Waals surface area contributed by atoms with Crippen molar-refractivity contribution in [3.8, 4) is 0 Å². The molecule has 8 nitrogen and oxygen atoms in total. The first kappa shape index (κ1) is 22.0. The number of carboxylic acid groups (broad SMARTS) is 1. The summed E-state index contributed by atoms with van der Waals surface area (Å²) in [4.78, 5) is 23.0. The molecule has 9 heteroatoms. The van der Waals surface area contributed by atoms with Crippen LogP contribution in [0.1, 0.15) is 54.0 Å². The van der Waals surface area contributed by atoms with Crippen molar-refractivity contribution in [1.82, 2.24) is 5.32 Å². The third-order valence-electron chi connectivity index (χ3n) is 4.72. The molecule has 0 aliphatic carbocycles. The SMILES string of the molecule is CC(C)(C)OC(=O)NCc1cc(B2OC(C)(C)C(C)(C)O2)ccc1NC(=O)O. The van der Waals surface area contributed by atoms with E-state index in [1.54, 1.807) is 39.0 Å². The van der Waals surface area contributed by atoms with Gasteiger partial charge in [-0.2, -0.15) is 0 Å². The number of rotatable bonds is 4. The van der Waals surface area contributed by atoms with Crippen LogP contribution in [0.2, 0.25) is 0 Å². The van der Waals surface area contributed by atoms with Crippen LogP contribution < -0.4 is 16.1 Å². The van der Waals surface area contributed by atoms with E-state index < -0.39 is 36.1 Å². The van der Waals surface area contributed by atoms with Gasteiger partial charge in [-0.15, -0.1) is 0 Å². The third-order valence-corrected chi connectivity index (χ3v) is 4.72. The molecule has 2 rings (SSSR count). The van der Waals surface area contributed by atoms with E-state index >= 15 is 0 Å². The van der Waals surface area contributed by atoms with Crippen LogP contribution in [-0.2, 0) is 20.6 Å². The number of hydrogen-bond acceptors (Lipinski definition) is 5. The molecule has 1 aromatic carbocycles. The Morgan fingerprint density at radius 1 is 1.14 bits per heavy atom. The van der Waals surface area contributed by atoms with Crippen LogP contribution in [0, 0.1) is 0 Å². The molecule has 0 aromatic heterocycles. The van der Waals surface area contributed by atoms with E-state index in [1.807, 2.05) is 27.7 Å². The van der Waals surface area contributed by atoms with Crippen molar-refractivity contribution in [3.05, 3.63) is 23.8 Å².